The van der Waals surface area contributed by atoms with Crippen molar-refractivity contribution in [2.75, 3.05) is 6.54 Å². The van der Waals surface area contributed by atoms with Gasteiger partial charge in [0, 0.05) is 30.4 Å². The topological polar surface area (TPSA) is 49.0 Å². The van der Waals surface area contributed by atoms with Crippen LogP contribution < -0.4 is 0 Å². The monoisotopic (exact) mass is 291 g/mol. The second-order valence-electron chi connectivity index (χ2n) is 5.00. The van der Waals surface area contributed by atoms with Crippen LogP contribution in [0.25, 0.3) is 0 Å². The number of carbonyl (C=O) groups excluding carboxylic acids is 1. The van der Waals surface area contributed by atoms with Gasteiger partial charge in [0.15, 0.2) is 0 Å². The number of hydrogen-bond donors (Lipinski definition) is 1. The zero-order valence-corrected chi connectivity index (χ0v) is 11.9. The van der Waals surface area contributed by atoms with E-state index in [9.17, 15) is 4.79 Å². The standard InChI is InChI=1S/C15H17N3O.ClH/c19-11-18(7-6-12-4-2-1-3-5-12)15-8-13(15)14-9-16-10-17-14;/h1-5,9-11,13,15H,6-8H2,(H,16,17);1H/t13-,15+;/m0./s1. The molecule has 0 bridgehead atoms. The molecule has 5 heteroatoms. The van der Waals surface area contributed by atoms with Crippen molar-refractivity contribution in [3.63, 3.8) is 0 Å². The van der Waals surface area contributed by atoms with Crippen LogP contribution in [-0.2, 0) is 11.2 Å². The van der Waals surface area contributed by atoms with E-state index < -0.39 is 0 Å². The first-order chi connectivity index (χ1) is 9.38. The van der Waals surface area contributed by atoms with E-state index >= 15 is 0 Å². The summed E-state index contributed by atoms with van der Waals surface area (Å²) in [6.45, 7) is 0.781. The summed E-state index contributed by atoms with van der Waals surface area (Å²) in [6, 6.07) is 10.6. The summed E-state index contributed by atoms with van der Waals surface area (Å²) in [5, 5.41) is 0. The zero-order valence-electron chi connectivity index (χ0n) is 11.1. The molecule has 1 fully saturated rings. The molecule has 2 aromatic rings. The first-order valence-corrected chi connectivity index (χ1v) is 6.61. The van der Waals surface area contributed by atoms with Gasteiger partial charge >= 0.3 is 0 Å². The van der Waals surface area contributed by atoms with E-state index in [1.165, 1.54) is 5.56 Å². The Morgan fingerprint density at radius 1 is 1.35 bits per heavy atom. The van der Waals surface area contributed by atoms with E-state index in [4.69, 9.17) is 0 Å². The molecule has 20 heavy (non-hydrogen) atoms. The van der Waals surface area contributed by atoms with E-state index in [1.807, 2.05) is 29.3 Å². The molecule has 1 saturated carbocycles. The smallest absolute Gasteiger partial charge is 0.209 e. The number of halogens is 1. The van der Waals surface area contributed by atoms with Crippen molar-refractivity contribution >= 4 is 18.8 Å². The summed E-state index contributed by atoms with van der Waals surface area (Å²) in [4.78, 5) is 20.3. The lowest BCUT2D eigenvalue weighted by atomic mass is 10.1. The molecule has 106 valence electrons. The Kier molecular flexibility index (Phi) is 4.79. The van der Waals surface area contributed by atoms with E-state index in [-0.39, 0.29) is 12.4 Å². The summed E-state index contributed by atoms with van der Waals surface area (Å²) in [5.74, 6) is 0.434. The maximum atomic E-state index is 11.2. The van der Waals surface area contributed by atoms with Gasteiger partial charge in [-0.05, 0) is 18.4 Å². The van der Waals surface area contributed by atoms with Gasteiger partial charge in [-0.1, -0.05) is 30.3 Å². The van der Waals surface area contributed by atoms with Crippen molar-refractivity contribution in [2.24, 2.45) is 0 Å². The van der Waals surface area contributed by atoms with Crippen molar-refractivity contribution in [3.05, 3.63) is 54.1 Å². The molecule has 4 nitrogen and oxygen atoms in total. The molecule has 1 aliphatic rings. The van der Waals surface area contributed by atoms with Gasteiger partial charge in [0.2, 0.25) is 6.41 Å². The van der Waals surface area contributed by atoms with Gasteiger partial charge in [0.1, 0.15) is 0 Å². The van der Waals surface area contributed by atoms with Crippen LogP contribution in [0.4, 0.5) is 0 Å². The minimum absolute atomic E-state index is 0. The summed E-state index contributed by atoms with van der Waals surface area (Å²) in [6.07, 6.45) is 6.47. The first-order valence-electron chi connectivity index (χ1n) is 6.61. The number of aromatic nitrogens is 2. The first kappa shape index (κ1) is 14.6. The fraction of sp³-hybridized carbons (Fsp3) is 0.333. The van der Waals surface area contributed by atoms with Gasteiger partial charge in [0.05, 0.1) is 6.33 Å². The normalized spacial score (nSPS) is 20.0. The van der Waals surface area contributed by atoms with Crippen molar-refractivity contribution in [1.29, 1.82) is 0 Å². The third kappa shape index (κ3) is 3.20. The van der Waals surface area contributed by atoms with Gasteiger partial charge < -0.3 is 9.88 Å². The average Bonchev–Trinajstić information content (AvgIpc) is 3.05. The van der Waals surface area contributed by atoms with Crippen LogP contribution in [0.15, 0.2) is 42.9 Å². The van der Waals surface area contributed by atoms with E-state index in [0.717, 1.165) is 31.5 Å². The largest absolute Gasteiger partial charge is 0.348 e. The molecule has 1 N–H and O–H groups in total. The number of H-pyrrole nitrogens is 1. The van der Waals surface area contributed by atoms with E-state index in [1.54, 1.807) is 6.33 Å². The Labute approximate surface area is 124 Å². The molecule has 0 aliphatic heterocycles. The highest BCUT2D eigenvalue weighted by molar-refractivity contribution is 5.85. The summed E-state index contributed by atoms with van der Waals surface area (Å²) in [5.41, 5.74) is 2.41. The predicted octanol–water partition coefficient (Wildman–Crippen LogP) is 2.39. The van der Waals surface area contributed by atoms with Crippen LogP contribution in [-0.4, -0.2) is 33.9 Å². The summed E-state index contributed by atoms with van der Waals surface area (Å²) < 4.78 is 0. The molecule has 0 spiro atoms. The molecule has 0 radical (unpaired) electrons. The highest BCUT2D eigenvalue weighted by atomic mass is 35.5. The Bertz CT molecular complexity index is 529. The van der Waals surface area contributed by atoms with Crippen LogP contribution in [0.5, 0.6) is 0 Å². The number of rotatable bonds is 6. The van der Waals surface area contributed by atoms with E-state index in [2.05, 4.69) is 22.1 Å². The third-order valence-electron chi connectivity index (χ3n) is 3.74. The second-order valence-corrected chi connectivity index (χ2v) is 5.00. The number of hydrogen-bond acceptors (Lipinski definition) is 2. The summed E-state index contributed by atoms with van der Waals surface area (Å²) in [7, 11) is 0. The molecule has 1 heterocycles. The minimum Gasteiger partial charge on any atom is -0.348 e. The van der Waals surface area contributed by atoms with Crippen LogP contribution >= 0.6 is 12.4 Å². The Hall–Kier alpha value is -1.81. The van der Waals surface area contributed by atoms with Crippen LogP contribution in [0.1, 0.15) is 23.6 Å². The van der Waals surface area contributed by atoms with Crippen molar-refractivity contribution < 1.29 is 4.79 Å². The minimum atomic E-state index is 0. The fourth-order valence-electron chi connectivity index (χ4n) is 2.55. The van der Waals surface area contributed by atoms with Gasteiger partial charge in [-0.3, -0.25) is 4.79 Å². The molecule has 0 saturated heterocycles. The molecule has 1 amide bonds. The highest BCUT2D eigenvalue weighted by Gasteiger charge is 2.43. The molecule has 0 unspecified atom stereocenters. The maximum absolute atomic E-state index is 11.2. The number of nitrogens with one attached hydrogen (secondary N) is 1. The third-order valence-corrected chi connectivity index (χ3v) is 3.74. The number of imidazole rings is 1. The van der Waals surface area contributed by atoms with Gasteiger partial charge in [0.25, 0.3) is 0 Å². The van der Waals surface area contributed by atoms with Gasteiger partial charge in [-0.25, -0.2) is 4.98 Å². The van der Waals surface area contributed by atoms with Gasteiger partial charge in [-0.15, -0.1) is 12.4 Å². The number of aromatic amines is 1. The van der Waals surface area contributed by atoms with Crippen LogP contribution in [0.3, 0.4) is 0 Å². The lowest BCUT2D eigenvalue weighted by Gasteiger charge is -2.17. The maximum Gasteiger partial charge on any atom is 0.209 e. The van der Waals surface area contributed by atoms with Gasteiger partial charge in [-0.2, -0.15) is 0 Å². The molecular weight excluding hydrogens is 274 g/mol. The molecular formula is C15H18ClN3O. The lowest BCUT2D eigenvalue weighted by Crippen LogP contribution is -2.27. The predicted molar refractivity (Wildman–Crippen MR) is 79.9 cm³/mol. The molecule has 1 aliphatic carbocycles. The lowest BCUT2D eigenvalue weighted by molar-refractivity contribution is -0.118. The Balaban J connectivity index is 0.00000147. The Morgan fingerprint density at radius 2 is 2.15 bits per heavy atom. The van der Waals surface area contributed by atoms with Crippen molar-refractivity contribution in [1.82, 2.24) is 14.9 Å². The quantitative estimate of drug-likeness (QED) is 0.831. The highest BCUT2D eigenvalue weighted by Crippen LogP contribution is 2.43. The SMILES string of the molecule is Cl.O=CN(CCc1ccccc1)[C@@H]1C[C@H]1c1cnc[nH]1. The van der Waals surface area contributed by atoms with Crippen LogP contribution in [0, 0.1) is 0 Å². The molecule has 1 aromatic heterocycles. The van der Waals surface area contributed by atoms with Crippen LogP contribution in [0.2, 0.25) is 0 Å². The van der Waals surface area contributed by atoms with E-state index in [0.29, 0.717) is 12.0 Å². The second kappa shape index (κ2) is 6.57. The summed E-state index contributed by atoms with van der Waals surface area (Å²) >= 11 is 0. The molecule has 3 rings (SSSR count). The number of nitrogens with zero attached hydrogens (tertiary/aromatic N) is 2. The Morgan fingerprint density at radius 3 is 2.80 bits per heavy atom. The van der Waals surface area contributed by atoms with Crippen molar-refractivity contribution in [3.8, 4) is 0 Å². The number of amides is 1. The average molecular weight is 292 g/mol. The number of carbonyl (C=O) groups is 1. The van der Waals surface area contributed by atoms with Crippen molar-refractivity contribution in [2.45, 2.75) is 24.8 Å². The molecule has 2 atom stereocenters. The zero-order chi connectivity index (χ0) is 13.1. The fourth-order valence-corrected chi connectivity index (χ4v) is 2.55. The number of benzene rings is 1. The molecule has 1 aromatic carbocycles.